The van der Waals surface area contributed by atoms with Gasteiger partial charge in [0.1, 0.15) is 6.04 Å². The van der Waals surface area contributed by atoms with Crippen LogP contribution in [0, 0.1) is 5.92 Å². The fraction of sp³-hybridized carbons (Fsp3) is 0.562. The lowest BCUT2D eigenvalue weighted by molar-refractivity contribution is -0.142. The third-order valence-electron chi connectivity index (χ3n) is 3.72. The summed E-state index contributed by atoms with van der Waals surface area (Å²) in [5.74, 6) is -1.68. The minimum absolute atomic E-state index is 0.152. The molecule has 0 unspecified atom stereocenters. The number of hydrogen-bond acceptors (Lipinski definition) is 4. The zero-order valence-electron chi connectivity index (χ0n) is 13.3. The second kappa shape index (κ2) is 7.59. The Labute approximate surface area is 139 Å². The van der Waals surface area contributed by atoms with E-state index in [1.165, 1.54) is 21.8 Å². The number of carboxylic acid groups (broad SMARTS) is 1. The van der Waals surface area contributed by atoms with Crippen molar-refractivity contribution in [3.8, 4) is 0 Å². The van der Waals surface area contributed by atoms with Crippen molar-refractivity contribution in [1.82, 2.24) is 10.6 Å². The molecule has 0 aromatic carbocycles. The molecular formula is C16H22N2O4S. The Morgan fingerprint density at radius 1 is 1.30 bits per heavy atom. The van der Waals surface area contributed by atoms with Crippen LogP contribution in [0.3, 0.4) is 0 Å². The van der Waals surface area contributed by atoms with E-state index in [0.29, 0.717) is 11.3 Å². The molecule has 0 saturated carbocycles. The molecule has 0 radical (unpaired) electrons. The minimum Gasteiger partial charge on any atom is -0.480 e. The second-order valence-electron chi connectivity index (χ2n) is 6.18. The maximum atomic E-state index is 12.1. The van der Waals surface area contributed by atoms with E-state index in [0.717, 1.165) is 19.3 Å². The first-order valence-electron chi connectivity index (χ1n) is 7.78. The quantitative estimate of drug-likeness (QED) is 0.703. The smallest absolute Gasteiger partial charge is 0.326 e. The molecule has 1 aliphatic carbocycles. The number of carbonyl (C=O) groups excluding carboxylic acids is 2. The van der Waals surface area contributed by atoms with E-state index in [4.69, 9.17) is 5.11 Å². The number of hydrogen-bond donors (Lipinski definition) is 3. The normalized spacial score (nSPS) is 14.4. The first-order chi connectivity index (χ1) is 10.9. The zero-order valence-corrected chi connectivity index (χ0v) is 14.2. The molecule has 1 aliphatic rings. The molecule has 0 fully saturated rings. The Bertz CT molecular complexity index is 588. The average molecular weight is 338 g/mol. The summed E-state index contributed by atoms with van der Waals surface area (Å²) in [4.78, 5) is 36.9. The van der Waals surface area contributed by atoms with Gasteiger partial charge in [0.15, 0.2) is 0 Å². The molecule has 1 atom stereocenters. The van der Waals surface area contributed by atoms with Gasteiger partial charge in [0.05, 0.1) is 11.4 Å². The highest BCUT2D eigenvalue weighted by molar-refractivity contribution is 7.14. The van der Waals surface area contributed by atoms with Gasteiger partial charge in [-0.05, 0) is 43.2 Å². The largest absolute Gasteiger partial charge is 0.480 e. The maximum Gasteiger partial charge on any atom is 0.326 e. The highest BCUT2D eigenvalue weighted by Gasteiger charge is 2.22. The molecule has 7 heteroatoms. The van der Waals surface area contributed by atoms with Crippen molar-refractivity contribution in [2.45, 2.75) is 45.6 Å². The van der Waals surface area contributed by atoms with Gasteiger partial charge in [0.25, 0.3) is 5.91 Å². The molecule has 2 rings (SSSR count). The van der Waals surface area contributed by atoms with E-state index in [1.807, 2.05) is 19.9 Å². The van der Waals surface area contributed by atoms with Gasteiger partial charge in [-0.25, -0.2) is 4.79 Å². The average Bonchev–Trinajstić information content (AvgIpc) is 3.04. The van der Waals surface area contributed by atoms with Crippen LogP contribution in [-0.2, 0) is 22.4 Å². The topological polar surface area (TPSA) is 95.5 Å². The molecule has 0 spiro atoms. The van der Waals surface area contributed by atoms with Gasteiger partial charge in [0, 0.05) is 4.88 Å². The van der Waals surface area contributed by atoms with Crippen molar-refractivity contribution in [3.05, 3.63) is 21.4 Å². The third-order valence-corrected chi connectivity index (χ3v) is 4.96. The van der Waals surface area contributed by atoms with Crippen molar-refractivity contribution >= 4 is 29.1 Å². The molecule has 1 heterocycles. The Morgan fingerprint density at radius 2 is 2.04 bits per heavy atom. The van der Waals surface area contributed by atoms with Crippen LogP contribution in [0.1, 0.15) is 46.8 Å². The summed E-state index contributed by atoms with van der Waals surface area (Å²) in [6, 6.07) is 0.962. The third kappa shape index (κ3) is 4.79. The molecule has 1 aromatic rings. The molecule has 0 aliphatic heterocycles. The summed E-state index contributed by atoms with van der Waals surface area (Å²) in [7, 11) is 0. The summed E-state index contributed by atoms with van der Waals surface area (Å²) in [5, 5.41) is 14.1. The summed E-state index contributed by atoms with van der Waals surface area (Å²) < 4.78 is 0. The van der Waals surface area contributed by atoms with Gasteiger partial charge in [-0.2, -0.15) is 0 Å². The second-order valence-corrected chi connectivity index (χ2v) is 7.32. The lowest BCUT2D eigenvalue weighted by Crippen LogP contribution is -2.46. The van der Waals surface area contributed by atoms with Gasteiger partial charge in [-0.15, -0.1) is 11.3 Å². The van der Waals surface area contributed by atoms with E-state index in [2.05, 4.69) is 10.6 Å². The molecule has 0 bridgehead atoms. The molecule has 126 valence electrons. The van der Waals surface area contributed by atoms with Gasteiger partial charge < -0.3 is 15.7 Å². The lowest BCUT2D eigenvalue weighted by atomic mass is 10.0. The number of amides is 2. The number of rotatable bonds is 7. The monoisotopic (exact) mass is 338 g/mol. The van der Waals surface area contributed by atoms with Crippen LogP contribution in [-0.4, -0.2) is 35.5 Å². The molecule has 0 saturated heterocycles. The zero-order chi connectivity index (χ0) is 17.0. The van der Waals surface area contributed by atoms with E-state index in [9.17, 15) is 14.4 Å². The number of fused-ring (bicyclic) bond motifs is 1. The Kier molecular flexibility index (Phi) is 5.76. The first-order valence-corrected chi connectivity index (χ1v) is 8.60. The maximum absolute atomic E-state index is 12.1. The highest BCUT2D eigenvalue weighted by Crippen LogP contribution is 2.30. The van der Waals surface area contributed by atoms with Crippen LogP contribution in [0.4, 0.5) is 0 Å². The van der Waals surface area contributed by atoms with Crippen molar-refractivity contribution in [1.29, 1.82) is 0 Å². The molecule has 3 N–H and O–H groups in total. The summed E-state index contributed by atoms with van der Waals surface area (Å²) >= 11 is 1.47. The van der Waals surface area contributed by atoms with Gasteiger partial charge in [-0.3, -0.25) is 9.59 Å². The van der Waals surface area contributed by atoms with Gasteiger partial charge in [0.2, 0.25) is 5.91 Å². The van der Waals surface area contributed by atoms with Crippen LogP contribution in [0.2, 0.25) is 0 Å². The van der Waals surface area contributed by atoms with Crippen molar-refractivity contribution in [2.24, 2.45) is 5.92 Å². The predicted molar refractivity (Wildman–Crippen MR) is 87.7 cm³/mol. The SMILES string of the molecule is CC(C)C[C@H](NC(=O)CNC(=O)c1cc2c(s1)CCC2)C(=O)O. The van der Waals surface area contributed by atoms with Crippen LogP contribution in [0.15, 0.2) is 6.07 Å². The number of aliphatic carboxylic acids is 1. The standard InChI is InChI=1S/C16H22N2O4S/c1-9(2)6-11(16(21)22)18-14(19)8-17-15(20)13-7-10-4-3-5-12(10)23-13/h7,9,11H,3-6,8H2,1-2H3,(H,17,20)(H,18,19)(H,21,22)/t11-/m0/s1. The molecule has 6 nitrogen and oxygen atoms in total. The minimum atomic E-state index is -1.06. The summed E-state index contributed by atoms with van der Waals surface area (Å²) in [6.45, 7) is 3.56. The van der Waals surface area contributed by atoms with Crippen molar-refractivity contribution in [3.63, 3.8) is 0 Å². The van der Waals surface area contributed by atoms with Gasteiger partial charge >= 0.3 is 5.97 Å². The molecule has 2 amide bonds. The highest BCUT2D eigenvalue weighted by atomic mass is 32.1. The van der Waals surface area contributed by atoms with Crippen molar-refractivity contribution in [2.75, 3.05) is 6.54 Å². The summed E-state index contributed by atoms with van der Waals surface area (Å²) in [5.41, 5.74) is 1.23. The molecule has 1 aromatic heterocycles. The fourth-order valence-corrected chi connectivity index (χ4v) is 3.80. The van der Waals surface area contributed by atoms with Crippen LogP contribution in [0.25, 0.3) is 0 Å². The van der Waals surface area contributed by atoms with Crippen LogP contribution in [0.5, 0.6) is 0 Å². The predicted octanol–water partition coefficient (Wildman–Crippen LogP) is 1.58. The van der Waals surface area contributed by atoms with E-state index in [-0.39, 0.29) is 18.4 Å². The number of carbonyl (C=O) groups is 3. The number of aryl methyl sites for hydroxylation is 2. The molecule has 23 heavy (non-hydrogen) atoms. The van der Waals surface area contributed by atoms with Crippen LogP contribution < -0.4 is 10.6 Å². The molecular weight excluding hydrogens is 316 g/mol. The number of thiophene rings is 1. The van der Waals surface area contributed by atoms with Crippen LogP contribution >= 0.6 is 11.3 Å². The van der Waals surface area contributed by atoms with E-state index in [1.54, 1.807) is 0 Å². The van der Waals surface area contributed by atoms with Gasteiger partial charge in [-0.1, -0.05) is 13.8 Å². The van der Waals surface area contributed by atoms with E-state index < -0.39 is 17.9 Å². The number of nitrogens with one attached hydrogen (secondary N) is 2. The first kappa shape index (κ1) is 17.5. The Morgan fingerprint density at radius 3 is 2.65 bits per heavy atom. The van der Waals surface area contributed by atoms with Crippen molar-refractivity contribution < 1.29 is 19.5 Å². The summed E-state index contributed by atoms with van der Waals surface area (Å²) in [6.07, 6.45) is 3.52. The fourth-order valence-electron chi connectivity index (χ4n) is 2.63. The number of carboxylic acids is 1. The Balaban J connectivity index is 1.83. The van der Waals surface area contributed by atoms with E-state index >= 15 is 0 Å². The lowest BCUT2D eigenvalue weighted by Gasteiger charge is -2.16. The Hall–Kier alpha value is -1.89.